The van der Waals surface area contributed by atoms with Gasteiger partial charge in [0.15, 0.2) is 0 Å². The first-order valence-electron chi connectivity index (χ1n) is 14.4. The molecule has 5 fully saturated rings. The van der Waals surface area contributed by atoms with Crippen LogP contribution in [0.15, 0.2) is 0 Å². The van der Waals surface area contributed by atoms with Gasteiger partial charge in [-0.2, -0.15) is 0 Å². The highest BCUT2D eigenvalue weighted by Crippen LogP contribution is 2.77. The molecule has 0 heterocycles. The van der Waals surface area contributed by atoms with Gasteiger partial charge in [-0.3, -0.25) is 0 Å². The van der Waals surface area contributed by atoms with E-state index in [1.807, 2.05) is 0 Å². The molecule has 10 atom stereocenters. The van der Waals surface area contributed by atoms with Crippen LogP contribution >= 0.6 is 0 Å². The maximum atomic E-state index is 11.7. The number of aldehydes is 1. The molecule has 0 saturated heterocycles. The van der Waals surface area contributed by atoms with Crippen molar-refractivity contribution < 1.29 is 4.79 Å². The predicted molar refractivity (Wildman–Crippen MR) is 134 cm³/mol. The molecule has 0 aromatic heterocycles. The van der Waals surface area contributed by atoms with Crippen molar-refractivity contribution in [3.05, 3.63) is 0 Å². The summed E-state index contributed by atoms with van der Waals surface area (Å²) in [4.78, 5) is 11.7. The zero-order valence-electron chi connectivity index (χ0n) is 22.4. The zero-order valence-corrected chi connectivity index (χ0v) is 22.4. The van der Waals surface area contributed by atoms with Crippen molar-refractivity contribution in [1.29, 1.82) is 0 Å². The van der Waals surface area contributed by atoms with E-state index >= 15 is 0 Å². The molecule has 5 unspecified atom stereocenters. The van der Waals surface area contributed by atoms with Crippen LogP contribution in [0.3, 0.4) is 0 Å². The molecule has 0 radical (unpaired) electrons. The first kappa shape index (κ1) is 23.4. The summed E-state index contributed by atoms with van der Waals surface area (Å²) in [6.07, 6.45) is 17.7. The molecule has 1 nitrogen and oxygen atoms in total. The maximum absolute atomic E-state index is 11.7. The Morgan fingerprint density at radius 2 is 1.53 bits per heavy atom. The van der Waals surface area contributed by atoms with Gasteiger partial charge in [0.2, 0.25) is 0 Å². The molecule has 5 rings (SSSR count). The predicted octanol–water partition coefficient (Wildman–Crippen LogP) is 8.70. The van der Waals surface area contributed by atoms with Gasteiger partial charge in [0.25, 0.3) is 0 Å². The summed E-state index contributed by atoms with van der Waals surface area (Å²) in [6.45, 7) is 18.4. The van der Waals surface area contributed by atoms with Crippen LogP contribution in [0.5, 0.6) is 0 Å². The van der Waals surface area contributed by atoms with Crippen molar-refractivity contribution in [1.82, 2.24) is 0 Å². The molecule has 0 aromatic carbocycles. The monoisotopic (exact) mass is 440 g/mol. The van der Waals surface area contributed by atoms with Crippen LogP contribution in [0, 0.1) is 62.6 Å². The van der Waals surface area contributed by atoms with Gasteiger partial charge in [-0.05, 0) is 127 Å². The van der Waals surface area contributed by atoms with Crippen LogP contribution in [0.1, 0.15) is 126 Å². The number of hydrogen-bond donors (Lipinski definition) is 0. The second kappa shape index (κ2) is 7.34. The highest BCUT2D eigenvalue weighted by molar-refractivity contribution is 5.51. The van der Waals surface area contributed by atoms with Gasteiger partial charge in [-0.1, -0.05) is 54.9 Å². The fraction of sp³-hybridized carbons (Fsp3) is 0.968. The number of carbonyl (C=O) groups excluding carboxylic acids is 1. The maximum Gasteiger partial charge on any atom is 0.120 e. The zero-order chi connectivity index (χ0) is 23.2. The van der Waals surface area contributed by atoms with E-state index in [4.69, 9.17) is 0 Å². The standard InChI is InChI=1S/C31H52O/c1-21(2)22-11-15-28(4)17-18-30(6)23(26(22)28)9-10-25-29(5)14-8-13-27(3,19-20-32)24(29)12-16-31(25,30)7/h20-26H,8-19H2,1-7H3/t22-,23?,24?,25?,26?,27?,28-,29+,30-,31-/m1/s1. The highest BCUT2D eigenvalue weighted by atomic mass is 16.1. The van der Waals surface area contributed by atoms with Crippen molar-refractivity contribution in [2.75, 3.05) is 0 Å². The molecule has 1 heteroatoms. The van der Waals surface area contributed by atoms with Crippen LogP contribution in [0.2, 0.25) is 0 Å². The molecule has 0 aromatic rings. The molecule has 5 aliphatic carbocycles. The van der Waals surface area contributed by atoms with Gasteiger partial charge in [0, 0.05) is 6.42 Å². The van der Waals surface area contributed by atoms with E-state index in [1.165, 1.54) is 76.9 Å². The number of carbonyl (C=O) groups is 1. The third-order valence-corrected chi connectivity index (χ3v) is 13.9. The van der Waals surface area contributed by atoms with Crippen LogP contribution in [-0.2, 0) is 4.79 Å². The Hall–Kier alpha value is -0.330. The highest BCUT2D eigenvalue weighted by Gasteiger charge is 2.69. The van der Waals surface area contributed by atoms with E-state index in [0.29, 0.717) is 21.7 Å². The molecule has 0 N–H and O–H groups in total. The van der Waals surface area contributed by atoms with Crippen LogP contribution < -0.4 is 0 Å². The van der Waals surface area contributed by atoms with Gasteiger partial charge in [-0.15, -0.1) is 0 Å². The van der Waals surface area contributed by atoms with Crippen molar-refractivity contribution >= 4 is 6.29 Å². The smallest absolute Gasteiger partial charge is 0.120 e. The Bertz CT molecular complexity index is 756. The van der Waals surface area contributed by atoms with Crippen molar-refractivity contribution in [3.8, 4) is 0 Å². The van der Waals surface area contributed by atoms with Gasteiger partial charge in [0.1, 0.15) is 6.29 Å². The quantitative estimate of drug-likeness (QED) is 0.401. The van der Waals surface area contributed by atoms with Crippen LogP contribution in [-0.4, -0.2) is 6.29 Å². The number of fused-ring (bicyclic) bond motifs is 7. The van der Waals surface area contributed by atoms with Crippen LogP contribution in [0.4, 0.5) is 0 Å². The van der Waals surface area contributed by atoms with Gasteiger partial charge >= 0.3 is 0 Å². The van der Waals surface area contributed by atoms with E-state index in [-0.39, 0.29) is 5.41 Å². The Labute approximate surface area is 199 Å². The third kappa shape index (κ3) is 2.84. The largest absolute Gasteiger partial charge is 0.303 e. The summed E-state index contributed by atoms with van der Waals surface area (Å²) >= 11 is 0. The van der Waals surface area contributed by atoms with E-state index in [0.717, 1.165) is 41.9 Å². The van der Waals surface area contributed by atoms with Gasteiger partial charge in [0.05, 0.1) is 0 Å². The molecular formula is C31H52O. The average molecular weight is 441 g/mol. The van der Waals surface area contributed by atoms with Crippen molar-refractivity contribution in [3.63, 3.8) is 0 Å². The lowest BCUT2D eigenvalue weighted by molar-refractivity contribution is -0.238. The Balaban J connectivity index is 1.53. The van der Waals surface area contributed by atoms with Gasteiger partial charge < -0.3 is 4.79 Å². The minimum atomic E-state index is 0.243. The van der Waals surface area contributed by atoms with E-state index in [2.05, 4.69) is 48.5 Å². The Morgan fingerprint density at radius 3 is 2.22 bits per heavy atom. The molecule has 5 aliphatic rings. The summed E-state index contributed by atoms with van der Waals surface area (Å²) < 4.78 is 0. The lowest BCUT2D eigenvalue weighted by Gasteiger charge is -2.72. The molecule has 0 bridgehead atoms. The number of hydrogen-bond acceptors (Lipinski definition) is 1. The molecule has 0 spiro atoms. The lowest BCUT2D eigenvalue weighted by atomic mass is 9.32. The van der Waals surface area contributed by atoms with E-state index < -0.39 is 0 Å². The minimum absolute atomic E-state index is 0.243. The number of rotatable bonds is 3. The SMILES string of the molecule is CC(C)[C@H]1CC[C@]2(C)CC[C@]3(C)C(CCC4[C@@]5(C)CCCC(C)(CC=O)C5CC[C@]43C)C12. The second-order valence-electron chi connectivity index (χ2n) is 15.2. The van der Waals surface area contributed by atoms with Gasteiger partial charge in [-0.25, -0.2) is 0 Å². The van der Waals surface area contributed by atoms with Crippen LogP contribution in [0.25, 0.3) is 0 Å². The summed E-state index contributed by atoms with van der Waals surface area (Å²) in [7, 11) is 0. The van der Waals surface area contributed by atoms with Crippen molar-refractivity contribution in [2.45, 2.75) is 126 Å². The molecule has 0 aliphatic heterocycles. The van der Waals surface area contributed by atoms with Crippen molar-refractivity contribution in [2.24, 2.45) is 62.6 Å². The minimum Gasteiger partial charge on any atom is -0.303 e. The average Bonchev–Trinajstić information content (AvgIpc) is 3.06. The topological polar surface area (TPSA) is 17.1 Å². The summed E-state index contributed by atoms with van der Waals surface area (Å²) in [5.41, 5.74) is 2.27. The fourth-order valence-corrected chi connectivity index (χ4v) is 12.1. The molecule has 182 valence electrons. The summed E-state index contributed by atoms with van der Waals surface area (Å²) in [6, 6.07) is 0. The molecule has 5 saturated carbocycles. The first-order chi connectivity index (χ1) is 15.0. The third-order valence-electron chi connectivity index (χ3n) is 13.9. The Kier molecular flexibility index (Phi) is 5.37. The normalized spacial score (nSPS) is 57.3. The first-order valence-corrected chi connectivity index (χ1v) is 14.4. The summed E-state index contributed by atoms with van der Waals surface area (Å²) in [5.74, 6) is 5.27. The Morgan fingerprint density at radius 1 is 0.781 bits per heavy atom. The lowest BCUT2D eigenvalue weighted by Crippen LogP contribution is -2.65. The van der Waals surface area contributed by atoms with E-state index in [1.54, 1.807) is 0 Å². The molecule has 32 heavy (non-hydrogen) atoms. The summed E-state index contributed by atoms with van der Waals surface area (Å²) in [5, 5.41) is 0. The fourth-order valence-electron chi connectivity index (χ4n) is 12.1. The van der Waals surface area contributed by atoms with E-state index in [9.17, 15) is 4.79 Å². The molecule has 0 amide bonds. The second-order valence-corrected chi connectivity index (χ2v) is 15.2. The molecular weight excluding hydrogens is 388 g/mol.